The summed E-state index contributed by atoms with van der Waals surface area (Å²) in [6.07, 6.45) is 14.0. The van der Waals surface area contributed by atoms with Crippen LogP contribution < -0.4 is 0 Å². The van der Waals surface area contributed by atoms with E-state index in [9.17, 15) is 0 Å². The Morgan fingerprint density at radius 2 is 0.632 bits per heavy atom. The summed E-state index contributed by atoms with van der Waals surface area (Å²) in [4.78, 5) is 39.2. The molecule has 0 saturated heterocycles. The van der Waals surface area contributed by atoms with Crippen molar-refractivity contribution in [1.82, 2.24) is 44.9 Å². The van der Waals surface area contributed by atoms with E-state index in [0.29, 0.717) is 0 Å². The van der Waals surface area contributed by atoms with Gasteiger partial charge in [0.2, 0.25) is 0 Å². The molecule has 1 fully saturated rings. The van der Waals surface area contributed by atoms with E-state index in [1.807, 2.05) is 91.8 Å². The van der Waals surface area contributed by atoms with Gasteiger partial charge in [0.1, 0.15) is 17.5 Å². The number of rotatable bonds is 9. The zero-order valence-corrected chi connectivity index (χ0v) is 31.1. The van der Waals surface area contributed by atoms with Crippen LogP contribution in [0.4, 0.5) is 0 Å². The second kappa shape index (κ2) is 15.1. The van der Waals surface area contributed by atoms with Crippen molar-refractivity contribution in [2.24, 2.45) is 0 Å². The van der Waals surface area contributed by atoms with Crippen LogP contribution in [-0.2, 0) is 0 Å². The van der Waals surface area contributed by atoms with Crippen molar-refractivity contribution in [3.8, 4) is 68.3 Å². The van der Waals surface area contributed by atoms with Gasteiger partial charge in [0.15, 0.2) is 0 Å². The normalized spacial score (nSPS) is 16.7. The number of nitrogens with one attached hydrogen (secondary N) is 3. The van der Waals surface area contributed by atoms with Crippen molar-refractivity contribution in [3.05, 3.63) is 181 Å². The molecule has 6 aromatic heterocycles. The van der Waals surface area contributed by atoms with Gasteiger partial charge in [0.05, 0.1) is 52.8 Å². The fourth-order valence-corrected chi connectivity index (χ4v) is 8.62. The first-order chi connectivity index (χ1) is 28.2. The third kappa shape index (κ3) is 6.84. The molecule has 6 heterocycles. The first kappa shape index (κ1) is 34.2. The van der Waals surface area contributed by atoms with Gasteiger partial charge in [-0.2, -0.15) is 0 Å². The van der Waals surface area contributed by atoms with Crippen molar-refractivity contribution < 1.29 is 0 Å². The lowest BCUT2D eigenvalue weighted by atomic mass is 9.67. The molecule has 276 valence electrons. The maximum atomic E-state index is 4.90. The highest BCUT2D eigenvalue weighted by Crippen LogP contribution is 2.52. The van der Waals surface area contributed by atoms with E-state index in [1.54, 1.807) is 0 Å². The molecular formula is C48H39N9. The molecule has 57 heavy (non-hydrogen) atoms. The molecule has 0 bridgehead atoms. The molecule has 0 atom stereocenters. The van der Waals surface area contributed by atoms with Crippen LogP contribution in [0.1, 0.15) is 53.7 Å². The summed E-state index contributed by atoms with van der Waals surface area (Å²) in [5.41, 5.74) is 12.5. The summed E-state index contributed by atoms with van der Waals surface area (Å²) in [6, 6.07) is 44.1. The number of nitrogens with zero attached hydrogens (tertiary/aromatic N) is 6. The summed E-state index contributed by atoms with van der Waals surface area (Å²) in [5, 5.41) is 0. The summed E-state index contributed by atoms with van der Waals surface area (Å²) < 4.78 is 0. The topological polar surface area (TPSA) is 125 Å². The Balaban J connectivity index is 1.06. The Labute approximate surface area is 330 Å². The fourth-order valence-electron chi connectivity index (χ4n) is 8.62. The molecule has 1 saturated carbocycles. The number of hydrogen-bond donors (Lipinski definition) is 3. The van der Waals surface area contributed by atoms with Crippen molar-refractivity contribution in [2.45, 2.75) is 37.0 Å². The molecule has 1 aliphatic rings. The van der Waals surface area contributed by atoms with Crippen LogP contribution in [0.25, 0.3) is 68.3 Å². The van der Waals surface area contributed by atoms with E-state index < -0.39 is 0 Å². The van der Waals surface area contributed by atoms with Crippen LogP contribution in [0.3, 0.4) is 0 Å². The summed E-state index contributed by atoms with van der Waals surface area (Å²) in [6.45, 7) is 0. The van der Waals surface area contributed by atoms with Gasteiger partial charge in [-0.15, -0.1) is 0 Å². The van der Waals surface area contributed by atoms with Gasteiger partial charge in [0, 0.05) is 35.3 Å². The summed E-state index contributed by atoms with van der Waals surface area (Å²) >= 11 is 0. The lowest BCUT2D eigenvalue weighted by Gasteiger charge is -2.37. The lowest BCUT2D eigenvalue weighted by molar-refractivity contribution is 0.352. The van der Waals surface area contributed by atoms with Crippen molar-refractivity contribution in [3.63, 3.8) is 0 Å². The van der Waals surface area contributed by atoms with Crippen LogP contribution in [0.5, 0.6) is 0 Å². The van der Waals surface area contributed by atoms with E-state index >= 15 is 0 Å². The number of aromatic nitrogens is 9. The molecule has 9 nitrogen and oxygen atoms in total. The van der Waals surface area contributed by atoms with E-state index in [1.165, 1.54) is 16.7 Å². The maximum absolute atomic E-state index is 4.90. The predicted molar refractivity (Wildman–Crippen MR) is 224 cm³/mol. The largest absolute Gasteiger partial charge is 0.337 e. The number of H-pyrrole nitrogens is 3. The minimum absolute atomic E-state index is 0.232. The molecule has 9 heteroatoms. The van der Waals surface area contributed by atoms with Crippen LogP contribution in [0, 0.1) is 0 Å². The Morgan fingerprint density at radius 3 is 0.930 bits per heavy atom. The Morgan fingerprint density at radius 1 is 0.333 bits per heavy atom. The molecule has 1 aliphatic carbocycles. The molecule has 3 N–H and O–H groups in total. The molecule has 0 amide bonds. The first-order valence-corrected chi connectivity index (χ1v) is 19.4. The minimum atomic E-state index is 0.232. The highest BCUT2D eigenvalue weighted by atomic mass is 14.9. The van der Waals surface area contributed by atoms with Crippen LogP contribution in [0.2, 0.25) is 0 Å². The summed E-state index contributed by atoms with van der Waals surface area (Å²) in [7, 11) is 0. The van der Waals surface area contributed by atoms with Gasteiger partial charge < -0.3 is 15.0 Å². The number of hydrogen-bond acceptors (Lipinski definition) is 6. The molecule has 0 aliphatic heterocycles. The van der Waals surface area contributed by atoms with Crippen LogP contribution in [0.15, 0.2) is 165 Å². The number of benzene rings is 3. The predicted octanol–water partition coefficient (Wildman–Crippen LogP) is 10.9. The zero-order chi connectivity index (χ0) is 38.0. The van der Waals surface area contributed by atoms with E-state index in [4.69, 9.17) is 15.0 Å². The van der Waals surface area contributed by atoms with Crippen LogP contribution in [-0.4, -0.2) is 44.9 Å². The van der Waals surface area contributed by atoms with Crippen molar-refractivity contribution >= 4 is 0 Å². The average Bonchev–Trinajstić information content (AvgIpc) is 4.10. The quantitative estimate of drug-likeness (QED) is 0.135. The second-order valence-corrected chi connectivity index (χ2v) is 14.6. The highest BCUT2D eigenvalue weighted by molar-refractivity contribution is 5.69. The Hall–Kier alpha value is -7.26. The van der Waals surface area contributed by atoms with Gasteiger partial charge in [-0.1, -0.05) is 91.0 Å². The third-order valence-corrected chi connectivity index (χ3v) is 11.2. The average molecular weight is 742 g/mol. The fraction of sp³-hybridized carbons (Fsp3) is 0.125. The molecular weight excluding hydrogens is 703 g/mol. The first-order valence-electron chi connectivity index (χ1n) is 19.4. The summed E-state index contributed by atoms with van der Waals surface area (Å²) in [5.74, 6) is 3.24. The Bertz CT molecular complexity index is 2440. The smallest absolute Gasteiger partial charge is 0.138 e. The highest BCUT2D eigenvalue weighted by Gasteiger charge is 2.35. The second-order valence-electron chi connectivity index (χ2n) is 14.6. The lowest BCUT2D eigenvalue weighted by Crippen LogP contribution is -2.21. The van der Waals surface area contributed by atoms with E-state index in [0.717, 1.165) is 87.6 Å². The van der Waals surface area contributed by atoms with Gasteiger partial charge >= 0.3 is 0 Å². The standard InChI is InChI=1S/C48H39N9/c1-4-16-37(46-52-28-43(55-46)40-19-7-10-22-49-40)34(13-1)31-25-32(35-14-2-5-17-38(35)47-53-29-44(56-47)41-20-8-11-23-50-41)27-33(26-31)36-15-3-6-18-39(36)48-54-30-45(57-48)42-21-9-12-24-51-42/h1-24,28-33H,25-27H2,(H,52,55)(H,53,56)(H,54,57). The third-order valence-electron chi connectivity index (χ3n) is 11.2. The van der Waals surface area contributed by atoms with Gasteiger partial charge in [0.25, 0.3) is 0 Å². The monoisotopic (exact) mass is 741 g/mol. The van der Waals surface area contributed by atoms with E-state index in [-0.39, 0.29) is 17.8 Å². The zero-order valence-electron chi connectivity index (χ0n) is 31.1. The Kier molecular flexibility index (Phi) is 9.08. The van der Waals surface area contributed by atoms with Crippen molar-refractivity contribution in [2.75, 3.05) is 0 Å². The number of pyridine rings is 3. The molecule has 3 aromatic carbocycles. The molecule has 10 rings (SSSR count). The number of imidazole rings is 3. The van der Waals surface area contributed by atoms with Crippen LogP contribution >= 0.6 is 0 Å². The van der Waals surface area contributed by atoms with Gasteiger partial charge in [-0.25, -0.2) is 15.0 Å². The maximum Gasteiger partial charge on any atom is 0.138 e. The van der Waals surface area contributed by atoms with Crippen molar-refractivity contribution in [1.29, 1.82) is 0 Å². The molecule has 9 aromatic rings. The number of aromatic amines is 3. The SMILES string of the molecule is c1ccc(-c2cnc(-c3ccccc3C3CC(c4ccccc4-c4ncc(-c5ccccn5)[nH]4)CC(c4ccccc4-c4ncc(-c5ccccn5)[nH]4)C3)[nH]2)nc1. The van der Waals surface area contributed by atoms with E-state index in [2.05, 4.69) is 103 Å². The van der Waals surface area contributed by atoms with Gasteiger partial charge in [-0.05, 0) is 90.1 Å². The molecule has 0 spiro atoms. The molecule has 0 unspecified atom stereocenters. The minimum Gasteiger partial charge on any atom is -0.337 e. The molecule has 0 radical (unpaired) electrons. The van der Waals surface area contributed by atoms with Gasteiger partial charge in [-0.3, -0.25) is 15.0 Å².